The molecule has 0 spiro atoms. The summed E-state index contributed by atoms with van der Waals surface area (Å²) in [5.74, 6) is 0.973. The zero-order chi connectivity index (χ0) is 18.0. The van der Waals surface area contributed by atoms with Crippen LogP contribution in [-0.2, 0) is 6.54 Å². The van der Waals surface area contributed by atoms with E-state index < -0.39 is 0 Å². The van der Waals surface area contributed by atoms with Crippen molar-refractivity contribution in [2.45, 2.75) is 6.54 Å². The monoisotopic (exact) mass is 348 g/mol. The third-order valence-electron chi connectivity index (χ3n) is 4.66. The van der Waals surface area contributed by atoms with Crippen LogP contribution >= 0.6 is 0 Å². The van der Waals surface area contributed by atoms with Crippen LogP contribution in [0.5, 0.6) is 5.75 Å². The molecule has 0 N–H and O–H groups in total. The molecule has 136 valence electrons. The Labute approximate surface area is 157 Å². The quantitative estimate of drug-likeness (QED) is 0.669. The van der Waals surface area contributed by atoms with Crippen LogP contribution in [0.15, 0.2) is 73.3 Å². The minimum Gasteiger partial charge on any atom is -0.489 e. The van der Waals surface area contributed by atoms with Gasteiger partial charge in [0.1, 0.15) is 12.4 Å². The number of nitrogens with zero attached hydrogens (tertiary/aromatic N) is 2. The molecular formula is C23H28N2O. The number of hydrogen-bond donors (Lipinski definition) is 0. The SMILES string of the molecule is C=CCOc1ccccc1CN1CCN(C/C=C\c2ccccc2)CC1. The zero-order valence-electron chi connectivity index (χ0n) is 15.4. The molecule has 3 rings (SSSR count). The van der Waals surface area contributed by atoms with E-state index >= 15 is 0 Å². The molecule has 3 nitrogen and oxygen atoms in total. The molecule has 1 aliphatic heterocycles. The Morgan fingerprint density at radius 2 is 1.58 bits per heavy atom. The Kier molecular flexibility index (Phi) is 7.05. The van der Waals surface area contributed by atoms with Crippen molar-refractivity contribution in [2.24, 2.45) is 0 Å². The average Bonchev–Trinajstić information content (AvgIpc) is 2.69. The van der Waals surface area contributed by atoms with Crippen LogP contribution in [0.4, 0.5) is 0 Å². The topological polar surface area (TPSA) is 15.7 Å². The number of rotatable bonds is 8. The molecule has 0 radical (unpaired) electrons. The Morgan fingerprint density at radius 3 is 2.35 bits per heavy atom. The molecule has 0 bridgehead atoms. The van der Waals surface area contributed by atoms with Gasteiger partial charge in [-0.1, -0.05) is 73.3 Å². The first-order valence-electron chi connectivity index (χ1n) is 9.33. The van der Waals surface area contributed by atoms with Crippen LogP contribution in [0.1, 0.15) is 11.1 Å². The van der Waals surface area contributed by atoms with Gasteiger partial charge in [-0.05, 0) is 11.6 Å². The van der Waals surface area contributed by atoms with Gasteiger partial charge in [0.05, 0.1) is 0 Å². The summed E-state index contributed by atoms with van der Waals surface area (Å²) in [4.78, 5) is 5.02. The van der Waals surface area contributed by atoms with Crippen LogP contribution in [0.2, 0.25) is 0 Å². The number of para-hydroxylation sites is 1. The minimum atomic E-state index is 0.554. The Morgan fingerprint density at radius 1 is 0.885 bits per heavy atom. The lowest BCUT2D eigenvalue weighted by Gasteiger charge is -2.34. The lowest BCUT2D eigenvalue weighted by Crippen LogP contribution is -2.45. The van der Waals surface area contributed by atoms with Crippen molar-refractivity contribution in [3.63, 3.8) is 0 Å². The van der Waals surface area contributed by atoms with Gasteiger partial charge in [0.25, 0.3) is 0 Å². The van der Waals surface area contributed by atoms with Crippen LogP contribution in [0.25, 0.3) is 6.08 Å². The summed E-state index contributed by atoms with van der Waals surface area (Å²) in [6.45, 7) is 10.6. The largest absolute Gasteiger partial charge is 0.489 e. The van der Waals surface area contributed by atoms with E-state index in [2.05, 4.69) is 71.0 Å². The van der Waals surface area contributed by atoms with Crippen molar-refractivity contribution < 1.29 is 4.74 Å². The molecule has 0 atom stereocenters. The second-order valence-corrected chi connectivity index (χ2v) is 6.60. The summed E-state index contributed by atoms with van der Waals surface area (Å²) >= 11 is 0. The van der Waals surface area contributed by atoms with E-state index in [1.807, 2.05) is 12.1 Å². The summed E-state index contributed by atoms with van der Waals surface area (Å²) in [7, 11) is 0. The summed E-state index contributed by atoms with van der Waals surface area (Å²) in [6.07, 6.45) is 6.27. The molecule has 1 aliphatic rings. The molecule has 2 aromatic rings. The van der Waals surface area contributed by atoms with Gasteiger partial charge in [0.15, 0.2) is 0 Å². The third-order valence-corrected chi connectivity index (χ3v) is 4.66. The fraction of sp³-hybridized carbons (Fsp3) is 0.304. The predicted octanol–water partition coefficient (Wildman–Crippen LogP) is 4.08. The maximum atomic E-state index is 5.78. The minimum absolute atomic E-state index is 0.554. The lowest BCUT2D eigenvalue weighted by molar-refractivity contribution is 0.136. The molecule has 2 aromatic carbocycles. The Balaban J connectivity index is 1.45. The van der Waals surface area contributed by atoms with Gasteiger partial charge >= 0.3 is 0 Å². The second kappa shape index (κ2) is 9.95. The molecule has 26 heavy (non-hydrogen) atoms. The summed E-state index contributed by atoms with van der Waals surface area (Å²) in [6, 6.07) is 18.8. The lowest BCUT2D eigenvalue weighted by atomic mass is 10.1. The van der Waals surface area contributed by atoms with E-state index in [0.717, 1.165) is 45.0 Å². The van der Waals surface area contributed by atoms with E-state index in [9.17, 15) is 0 Å². The number of benzene rings is 2. The van der Waals surface area contributed by atoms with Gasteiger partial charge in [-0.3, -0.25) is 9.80 Å². The van der Waals surface area contributed by atoms with Gasteiger partial charge in [0.2, 0.25) is 0 Å². The van der Waals surface area contributed by atoms with E-state index in [4.69, 9.17) is 4.74 Å². The molecule has 0 aliphatic carbocycles. The first-order valence-corrected chi connectivity index (χ1v) is 9.33. The number of hydrogen-bond acceptors (Lipinski definition) is 3. The normalized spacial score (nSPS) is 16.0. The Hall–Kier alpha value is -2.36. The summed E-state index contributed by atoms with van der Waals surface area (Å²) in [5.41, 5.74) is 2.52. The highest BCUT2D eigenvalue weighted by Gasteiger charge is 2.17. The molecule has 0 unspecified atom stereocenters. The highest BCUT2D eigenvalue weighted by Crippen LogP contribution is 2.20. The first kappa shape index (κ1) is 18.4. The second-order valence-electron chi connectivity index (χ2n) is 6.60. The first-order chi connectivity index (χ1) is 12.8. The van der Waals surface area contributed by atoms with Crippen molar-refractivity contribution in [2.75, 3.05) is 39.3 Å². The van der Waals surface area contributed by atoms with Crippen molar-refractivity contribution in [3.8, 4) is 5.75 Å². The van der Waals surface area contributed by atoms with Crippen LogP contribution in [0.3, 0.4) is 0 Å². The van der Waals surface area contributed by atoms with E-state index in [1.165, 1.54) is 11.1 Å². The molecular weight excluding hydrogens is 320 g/mol. The van der Waals surface area contributed by atoms with Crippen molar-refractivity contribution in [1.29, 1.82) is 0 Å². The average molecular weight is 348 g/mol. The third kappa shape index (κ3) is 5.58. The van der Waals surface area contributed by atoms with Crippen molar-refractivity contribution in [3.05, 3.63) is 84.5 Å². The zero-order valence-corrected chi connectivity index (χ0v) is 15.4. The number of piperazine rings is 1. The summed E-state index contributed by atoms with van der Waals surface area (Å²) in [5, 5.41) is 0. The van der Waals surface area contributed by atoms with Gasteiger partial charge in [-0.25, -0.2) is 0 Å². The van der Waals surface area contributed by atoms with Crippen LogP contribution < -0.4 is 4.74 Å². The molecule has 1 fully saturated rings. The number of ether oxygens (including phenoxy) is 1. The fourth-order valence-electron chi connectivity index (χ4n) is 3.20. The smallest absolute Gasteiger partial charge is 0.124 e. The van der Waals surface area contributed by atoms with Crippen LogP contribution in [0, 0.1) is 0 Å². The molecule has 0 amide bonds. The fourth-order valence-corrected chi connectivity index (χ4v) is 3.20. The highest BCUT2D eigenvalue weighted by atomic mass is 16.5. The van der Waals surface area contributed by atoms with Crippen molar-refractivity contribution >= 4 is 6.08 Å². The van der Waals surface area contributed by atoms with Crippen molar-refractivity contribution in [1.82, 2.24) is 9.80 Å². The molecule has 0 saturated carbocycles. The van der Waals surface area contributed by atoms with Crippen LogP contribution in [-0.4, -0.2) is 49.1 Å². The van der Waals surface area contributed by atoms with Gasteiger partial charge in [0, 0.05) is 44.8 Å². The maximum Gasteiger partial charge on any atom is 0.124 e. The van der Waals surface area contributed by atoms with Gasteiger partial charge in [-0.15, -0.1) is 0 Å². The molecule has 1 heterocycles. The molecule has 3 heteroatoms. The summed E-state index contributed by atoms with van der Waals surface area (Å²) < 4.78 is 5.78. The van der Waals surface area contributed by atoms with Gasteiger partial charge < -0.3 is 4.74 Å². The molecule has 0 aromatic heterocycles. The Bertz CT molecular complexity index is 703. The van der Waals surface area contributed by atoms with E-state index in [0.29, 0.717) is 6.61 Å². The highest BCUT2D eigenvalue weighted by molar-refractivity contribution is 5.48. The maximum absolute atomic E-state index is 5.78. The molecule has 1 saturated heterocycles. The van der Waals surface area contributed by atoms with E-state index in [1.54, 1.807) is 6.08 Å². The van der Waals surface area contributed by atoms with E-state index in [-0.39, 0.29) is 0 Å². The standard InChI is InChI=1S/C23H28N2O/c1-2-19-26-23-13-7-6-12-22(23)20-25-17-15-24(16-18-25)14-8-11-21-9-4-3-5-10-21/h2-13H,1,14-20H2/b11-8-. The van der Waals surface area contributed by atoms with Gasteiger partial charge in [-0.2, -0.15) is 0 Å². The predicted molar refractivity (Wildman–Crippen MR) is 109 cm³/mol.